The summed E-state index contributed by atoms with van der Waals surface area (Å²) >= 11 is 5.54. The number of hydrogen-bond acceptors (Lipinski definition) is 5. The fourth-order valence-electron chi connectivity index (χ4n) is 3.31. The molecule has 3 N–H and O–H groups in total. The van der Waals surface area contributed by atoms with Crippen LogP contribution in [0.1, 0.15) is 45.7 Å². The van der Waals surface area contributed by atoms with E-state index >= 15 is 0 Å². The molecule has 0 saturated carbocycles. The van der Waals surface area contributed by atoms with Gasteiger partial charge < -0.3 is 20.4 Å². The topological polar surface area (TPSA) is 103 Å². The number of allylic oxidation sites excluding steroid dienone is 5. The third kappa shape index (κ3) is 10.7. The molecular weight excluding hydrogens is 490 g/mol. The Kier molecular flexibility index (Phi) is 14.8. The molecule has 2 amide bonds. The predicted molar refractivity (Wildman–Crippen MR) is 150 cm³/mol. The molecule has 2 rings (SSSR count). The number of carbonyl (C=O) groups is 2. The van der Waals surface area contributed by atoms with Crippen molar-refractivity contribution in [1.29, 1.82) is 0 Å². The smallest absolute Gasteiger partial charge is 0.254 e. The van der Waals surface area contributed by atoms with Crippen LogP contribution in [0.15, 0.2) is 84.7 Å². The highest BCUT2D eigenvalue weighted by atomic mass is 35.5. The number of nitrogens with zero attached hydrogens (tertiary/aromatic N) is 2. The summed E-state index contributed by atoms with van der Waals surface area (Å²) in [6.07, 6.45) is 7.71. The van der Waals surface area contributed by atoms with Gasteiger partial charge in [0.05, 0.1) is 6.04 Å². The van der Waals surface area contributed by atoms with Gasteiger partial charge in [0.2, 0.25) is 0 Å². The molecule has 8 heteroatoms. The van der Waals surface area contributed by atoms with Crippen LogP contribution in [0, 0.1) is 0 Å². The van der Waals surface area contributed by atoms with Crippen LogP contribution in [0.4, 0.5) is 0 Å². The number of aromatic nitrogens is 1. The Labute approximate surface area is 225 Å². The van der Waals surface area contributed by atoms with Gasteiger partial charge in [-0.25, -0.2) is 0 Å². The number of rotatable bonds is 11. The van der Waals surface area contributed by atoms with Crippen LogP contribution in [0.25, 0.3) is 11.1 Å². The molecule has 37 heavy (non-hydrogen) atoms. The molecule has 2 aromatic rings. The molecule has 0 saturated heterocycles. The quantitative estimate of drug-likeness (QED) is 0.365. The molecule has 0 aliphatic heterocycles. The molecule has 0 aliphatic carbocycles. The maximum absolute atomic E-state index is 12.3. The second-order valence-corrected chi connectivity index (χ2v) is 8.61. The van der Waals surface area contributed by atoms with Gasteiger partial charge in [-0.2, -0.15) is 0 Å². The number of carbonyl (C=O) groups excluding carboxylic acids is 2. The summed E-state index contributed by atoms with van der Waals surface area (Å²) in [6.45, 7) is 11.7. The molecule has 0 aliphatic rings. The zero-order valence-electron chi connectivity index (χ0n) is 22.0. The first kappa shape index (κ1) is 31.8. The Hall–Kier alpha value is -3.26. The standard InChI is InChI=1S/C22H29N3O4.C7H9Cl/c1-4-14-25(5-2)22(29)20(27)19(26)21(28)24-15(3)16-6-8-17(9-7-16)18-10-12-23-13-11-18;1-3-5-6-7(8)4-2/h6-13,15,19-20,26-27H,4-5,14H2,1-3H3,(H,24,28);3-6H,2H2,1H3/b;5-3-,7-6+. The fourth-order valence-corrected chi connectivity index (χ4v) is 3.38. The lowest BCUT2D eigenvalue weighted by Crippen LogP contribution is -2.51. The second kappa shape index (κ2) is 17.2. The van der Waals surface area contributed by atoms with Crippen LogP contribution in [0.5, 0.6) is 0 Å². The summed E-state index contributed by atoms with van der Waals surface area (Å²) in [7, 11) is 0. The lowest BCUT2D eigenvalue weighted by Gasteiger charge is -2.26. The second-order valence-electron chi connectivity index (χ2n) is 8.18. The van der Waals surface area contributed by atoms with E-state index < -0.39 is 30.1 Å². The van der Waals surface area contributed by atoms with E-state index in [1.54, 1.807) is 38.4 Å². The molecule has 1 heterocycles. The van der Waals surface area contributed by atoms with E-state index in [1.807, 2.05) is 62.4 Å². The minimum absolute atomic E-state index is 0.399. The zero-order chi connectivity index (χ0) is 27.8. The van der Waals surface area contributed by atoms with Gasteiger partial charge in [-0.05, 0) is 62.1 Å². The van der Waals surface area contributed by atoms with Crippen LogP contribution in [0.2, 0.25) is 0 Å². The van der Waals surface area contributed by atoms with E-state index in [2.05, 4.69) is 16.9 Å². The van der Waals surface area contributed by atoms with E-state index in [1.165, 1.54) is 4.90 Å². The molecule has 0 bridgehead atoms. The Morgan fingerprint density at radius 2 is 1.68 bits per heavy atom. The van der Waals surface area contributed by atoms with Gasteiger partial charge in [0.25, 0.3) is 11.8 Å². The van der Waals surface area contributed by atoms with Crippen molar-refractivity contribution in [3.05, 3.63) is 90.3 Å². The third-order valence-electron chi connectivity index (χ3n) is 5.43. The maximum atomic E-state index is 12.3. The molecule has 0 fully saturated rings. The number of aliphatic hydroxyl groups excluding tert-OH is 2. The number of benzene rings is 1. The molecule has 1 aromatic carbocycles. The van der Waals surface area contributed by atoms with Crippen molar-refractivity contribution in [2.24, 2.45) is 0 Å². The lowest BCUT2D eigenvalue weighted by molar-refractivity contribution is -0.153. The Balaban J connectivity index is 0.000000738. The van der Waals surface area contributed by atoms with Gasteiger partial charge in [-0.15, -0.1) is 0 Å². The van der Waals surface area contributed by atoms with E-state index in [0.717, 1.165) is 23.1 Å². The molecule has 0 radical (unpaired) electrons. The highest BCUT2D eigenvalue weighted by molar-refractivity contribution is 6.31. The van der Waals surface area contributed by atoms with Crippen molar-refractivity contribution < 1.29 is 19.8 Å². The third-order valence-corrected chi connectivity index (χ3v) is 5.71. The maximum Gasteiger partial charge on any atom is 0.254 e. The number of aliphatic hydroxyl groups is 2. The van der Waals surface area contributed by atoms with Crippen molar-refractivity contribution in [1.82, 2.24) is 15.2 Å². The number of likely N-dealkylation sites (N-methyl/N-ethyl adjacent to an activating group) is 1. The van der Waals surface area contributed by atoms with Crippen molar-refractivity contribution in [3.63, 3.8) is 0 Å². The van der Waals surface area contributed by atoms with E-state index in [-0.39, 0.29) is 0 Å². The van der Waals surface area contributed by atoms with Gasteiger partial charge in [-0.1, -0.05) is 67.6 Å². The average Bonchev–Trinajstić information content (AvgIpc) is 2.94. The van der Waals surface area contributed by atoms with Crippen LogP contribution < -0.4 is 5.32 Å². The first-order valence-electron chi connectivity index (χ1n) is 12.3. The minimum atomic E-state index is -1.83. The van der Waals surface area contributed by atoms with Gasteiger partial charge >= 0.3 is 0 Å². The van der Waals surface area contributed by atoms with Crippen molar-refractivity contribution in [3.8, 4) is 11.1 Å². The van der Waals surface area contributed by atoms with Crippen LogP contribution in [-0.4, -0.2) is 57.2 Å². The number of amides is 2. The Morgan fingerprint density at radius 1 is 1.08 bits per heavy atom. The van der Waals surface area contributed by atoms with E-state index in [4.69, 9.17) is 11.6 Å². The molecule has 3 unspecified atom stereocenters. The Bertz CT molecular complexity index is 1040. The molecule has 200 valence electrons. The van der Waals surface area contributed by atoms with E-state index in [9.17, 15) is 19.8 Å². The Morgan fingerprint density at radius 3 is 2.19 bits per heavy atom. The molecule has 1 aromatic heterocycles. The summed E-state index contributed by atoms with van der Waals surface area (Å²) in [5.74, 6) is -1.43. The zero-order valence-corrected chi connectivity index (χ0v) is 22.7. The summed E-state index contributed by atoms with van der Waals surface area (Å²) in [5, 5.41) is 23.6. The average molecular weight is 528 g/mol. The van der Waals surface area contributed by atoms with Crippen LogP contribution >= 0.6 is 11.6 Å². The normalized spacial score (nSPS) is 13.6. The van der Waals surface area contributed by atoms with E-state index in [0.29, 0.717) is 18.1 Å². The fraction of sp³-hybridized carbons (Fsp3) is 0.345. The predicted octanol–water partition coefficient (Wildman–Crippen LogP) is 4.78. The van der Waals surface area contributed by atoms with Gasteiger partial charge in [0, 0.05) is 30.5 Å². The first-order valence-corrected chi connectivity index (χ1v) is 12.6. The van der Waals surface area contributed by atoms with Gasteiger partial charge in [0.15, 0.2) is 12.2 Å². The van der Waals surface area contributed by atoms with Crippen LogP contribution in [-0.2, 0) is 9.59 Å². The monoisotopic (exact) mass is 527 g/mol. The van der Waals surface area contributed by atoms with Crippen molar-refractivity contribution in [2.75, 3.05) is 13.1 Å². The number of nitrogens with one attached hydrogen (secondary N) is 1. The van der Waals surface area contributed by atoms with Gasteiger partial charge in [0.1, 0.15) is 0 Å². The molecular formula is C29H38ClN3O4. The lowest BCUT2D eigenvalue weighted by atomic mass is 10.0. The summed E-state index contributed by atoms with van der Waals surface area (Å²) in [6, 6.07) is 11.1. The number of pyridine rings is 1. The number of halogens is 1. The summed E-state index contributed by atoms with van der Waals surface area (Å²) in [5.41, 5.74) is 2.89. The first-order chi connectivity index (χ1) is 17.7. The van der Waals surface area contributed by atoms with Crippen molar-refractivity contribution in [2.45, 2.75) is 52.4 Å². The molecule has 7 nitrogen and oxygen atoms in total. The summed E-state index contributed by atoms with van der Waals surface area (Å²) < 4.78 is 0. The molecule has 0 spiro atoms. The van der Waals surface area contributed by atoms with Crippen LogP contribution in [0.3, 0.4) is 0 Å². The number of hydrogen-bond donors (Lipinski definition) is 3. The van der Waals surface area contributed by atoms with Gasteiger partial charge in [-0.3, -0.25) is 14.6 Å². The highest BCUT2D eigenvalue weighted by Gasteiger charge is 2.33. The summed E-state index contributed by atoms with van der Waals surface area (Å²) in [4.78, 5) is 30.0. The SMILES string of the molecule is C=C/C(Cl)=C\C=C/C.CCCN(CC)C(=O)C(O)C(O)C(=O)NC(C)c1ccc(-c2ccncc2)cc1. The molecule has 3 atom stereocenters. The minimum Gasteiger partial charge on any atom is -0.380 e. The largest absolute Gasteiger partial charge is 0.380 e. The van der Waals surface area contributed by atoms with Crippen molar-refractivity contribution >= 4 is 23.4 Å². The highest BCUT2D eigenvalue weighted by Crippen LogP contribution is 2.21.